The lowest BCUT2D eigenvalue weighted by Gasteiger charge is -2.51. The van der Waals surface area contributed by atoms with Crippen LogP contribution < -0.4 is 5.32 Å². The second-order valence-electron chi connectivity index (χ2n) is 7.16. The van der Waals surface area contributed by atoms with E-state index in [9.17, 15) is 13.6 Å². The van der Waals surface area contributed by atoms with Gasteiger partial charge in [-0.2, -0.15) is 0 Å². The SMILES string of the molecule is O=C(NC1C2CCN(CC2)C1Cc1cccnc1)c1cc(F)cc(F)c1. The van der Waals surface area contributed by atoms with Crippen molar-refractivity contribution in [2.24, 2.45) is 5.92 Å². The number of benzene rings is 1. The highest BCUT2D eigenvalue weighted by Crippen LogP contribution is 2.34. The van der Waals surface area contributed by atoms with Crippen LogP contribution in [0.5, 0.6) is 0 Å². The Morgan fingerprint density at radius 3 is 2.58 bits per heavy atom. The number of hydrogen-bond donors (Lipinski definition) is 1. The Morgan fingerprint density at radius 2 is 1.92 bits per heavy atom. The number of carbonyl (C=O) groups excluding carboxylic acids is 1. The summed E-state index contributed by atoms with van der Waals surface area (Å²) in [4.78, 5) is 19.2. The van der Waals surface area contributed by atoms with Crippen LogP contribution >= 0.6 is 0 Å². The Bertz CT molecular complexity index is 771. The van der Waals surface area contributed by atoms with Gasteiger partial charge in [0.25, 0.3) is 5.91 Å². The molecule has 2 atom stereocenters. The van der Waals surface area contributed by atoms with E-state index in [1.165, 1.54) is 0 Å². The lowest BCUT2D eigenvalue weighted by Crippen LogP contribution is -2.64. The maximum Gasteiger partial charge on any atom is 0.251 e. The zero-order chi connectivity index (χ0) is 18.1. The molecule has 2 aromatic rings. The zero-order valence-corrected chi connectivity index (χ0v) is 14.4. The molecule has 1 aromatic heterocycles. The molecule has 3 aliphatic heterocycles. The van der Waals surface area contributed by atoms with Gasteiger partial charge < -0.3 is 5.32 Å². The Balaban J connectivity index is 1.55. The summed E-state index contributed by atoms with van der Waals surface area (Å²) in [6, 6.07) is 7.03. The van der Waals surface area contributed by atoms with Gasteiger partial charge in [0.2, 0.25) is 0 Å². The molecular formula is C20H21F2N3O. The van der Waals surface area contributed by atoms with Crippen molar-refractivity contribution in [2.45, 2.75) is 31.3 Å². The van der Waals surface area contributed by atoms with Crippen LogP contribution in [-0.4, -0.2) is 41.0 Å². The second-order valence-corrected chi connectivity index (χ2v) is 7.16. The van der Waals surface area contributed by atoms with Crippen LogP contribution in [-0.2, 0) is 6.42 Å². The molecule has 3 saturated heterocycles. The number of nitrogens with one attached hydrogen (secondary N) is 1. The maximum atomic E-state index is 13.4. The fraction of sp³-hybridized carbons (Fsp3) is 0.400. The van der Waals surface area contributed by atoms with Gasteiger partial charge in [-0.15, -0.1) is 0 Å². The van der Waals surface area contributed by atoms with Gasteiger partial charge in [-0.25, -0.2) is 8.78 Å². The quantitative estimate of drug-likeness (QED) is 0.915. The van der Waals surface area contributed by atoms with E-state index in [1.807, 2.05) is 18.3 Å². The number of nitrogens with zero attached hydrogens (tertiary/aromatic N) is 2. The Kier molecular flexibility index (Phi) is 4.68. The molecule has 26 heavy (non-hydrogen) atoms. The Morgan fingerprint density at radius 1 is 1.19 bits per heavy atom. The number of piperidine rings is 3. The first-order chi connectivity index (χ1) is 12.6. The smallest absolute Gasteiger partial charge is 0.251 e. The number of carbonyl (C=O) groups is 1. The predicted octanol–water partition coefficient (Wildman–Crippen LogP) is 2.80. The third kappa shape index (κ3) is 3.46. The molecule has 0 saturated carbocycles. The Hall–Kier alpha value is -2.34. The van der Waals surface area contributed by atoms with Gasteiger partial charge in [0.05, 0.1) is 0 Å². The Labute approximate surface area is 151 Å². The largest absolute Gasteiger partial charge is 0.347 e. The van der Waals surface area contributed by atoms with Crippen molar-refractivity contribution in [3.63, 3.8) is 0 Å². The van der Waals surface area contributed by atoms with Crippen LogP contribution in [0.1, 0.15) is 28.8 Å². The molecule has 3 aliphatic rings. The van der Waals surface area contributed by atoms with Crippen LogP contribution in [0.15, 0.2) is 42.7 Å². The molecule has 3 fully saturated rings. The molecule has 1 amide bonds. The van der Waals surface area contributed by atoms with Gasteiger partial charge in [-0.1, -0.05) is 6.07 Å². The number of amides is 1. The van der Waals surface area contributed by atoms with Crippen molar-refractivity contribution in [2.75, 3.05) is 13.1 Å². The van der Waals surface area contributed by atoms with Gasteiger partial charge >= 0.3 is 0 Å². The summed E-state index contributed by atoms with van der Waals surface area (Å²) in [7, 11) is 0. The highest BCUT2D eigenvalue weighted by Gasteiger charge is 2.42. The molecule has 1 aromatic carbocycles. The second kappa shape index (κ2) is 7.11. The van der Waals surface area contributed by atoms with Crippen molar-refractivity contribution < 1.29 is 13.6 Å². The maximum absolute atomic E-state index is 13.4. The molecule has 4 heterocycles. The molecular weight excluding hydrogens is 336 g/mol. The number of aromatic nitrogens is 1. The standard InChI is InChI=1S/C20H21F2N3O/c21-16-9-15(10-17(22)11-16)20(26)24-19-14-3-6-25(7-4-14)18(19)8-13-2-1-5-23-12-13/h1-2,5,9-12,14,18-19H,3-4,6-8H2,(H,24,26). The van der Waals surface area contributed by atoms with E-state index in [2.05, 4.69) is 15.2 Å². The van der Waals surface area contributed by atoms with Crippen molar-refractivity contribution in [3.05, 3.63) is 65.5 Å². The third-order valence-electron chi connectivity index (χ3n) is 5.56. The van der Waals surface area contributed by atoms with Gasteiger partial charge in [0, 0.05) is 36.1 Å². The first-order valence-corrected chi connectivity index (χ1v) is 9.00. The molecule has 2 bridgehead atoms. The highest BCUT2D eigenvalue weighted by atomic mass is 19.1. The zero-order valence-electron chi connectivity index (χ0n) is 14.4. The summed E-state index contributed by atoms with van der Waals surface area (Å²) >= 11 is 0. The van der Waals surface area contributed by atoms with E-state index in [0.29, 0.717) is 5.92 Å². The minimum absolute atomic E-state index is 0.0269. The number of halogens is 2. The molecule has 6 heteroatoms. The van der Waals surface area contributed by atoms with Crippen molar-refractivity contribution in [3.8, 4) is 0 Å². The van der Waals surface area contributed by atoms with Crippen molar-refractivity contribution in [1.29, 1.82) is 0 Å². The van der Waals surface area contributed by atoms with E-state index in [0.717, 1.165) is 56.1 Å². The van der Waals surface area contributed by atoms with Crippen molar-refractivity contribution in [1.82, 2.24) is 15.2 Å². The lowest BCUT2D eigenvalue weighted by molar-refractivity contribution is 0.0136. The number of hydrogen-bond acceptors (Lipinski definition) is 3. The summed E-state index contributed by atoms with van der Waals surface area (Å²) in [6.45, 7) is 2.05. The monoisotopic (exact) mass is 357 g/mol. The summed E-state index contributed by atoms with van der Waals surface area (Å²) in [5.41, 5.74) is 1.15. The van der Waals surface area contributed by atoms with Gasteiger partial charge in [0.15, 0.2) is 0 Å². The van der Waals surface area contributed by atoms with Crippen LogP contribution in [0, 0.1) is 17.6 Å². The molecule has 0 spiro atoms. The fourth-order valence-corrected chi connectivity index (χ4v) is 4.30. The summed E-state index contributed by atoms with van der Waals surface area (Å²) in [6.07, 6.45) is 6.46. The van der Waals surface area contributed by atoms with Crippen LogP contribution in [0.4, 0.5) is 8.78 Å². The molecule has 2 unspecified atom stereocenters. The highest BCUT2D eigenvalue weighted by molar-refractivity contribution is 5.94. The topological polar surface area (TPSA) is 45.2 Å². The first kappa shape index (κ1) is 17.1. The van der Waals surface area contributed by atoms with Gasteiger partial charge in [-0.3, -0.25) is 14.7 Å². The minimum atomic E-state index is -0.740. The van der Waals surface area contributed by atoms with E-state index < -0.39 is 17.5 Å². The van der Waals surface area contributed by atoms with Gasteiger partial charge in [-0.05, 0) is 62.0 Å². The summed E-state index contributed by atoms with van der Waals surface area (Å²) in [5.74, 6) is -1.51. The number of pyridine rings is 1. The average Bonchev–Trinajstić information content (AvgIpc) is 2.64. The lowest BCUT2D eigenvalue weighted by atomic mass is 9.76. The number of rotatable bonds is 4. The average molecular weight is 357 g/mol. The minimum Gasteiger partial charge on any atom is -0.347 e. The fourth-order valence-electron chi connectivity index (χ4n) is 4.30. The normalized spacial score (nSPS) is 27.3. The van der Waals surface area contributed by atoms with Gasteiger partial charge in [0.1, 0.15) is 11.6 Å². The van der Waals surface area contributed by atoms with E-state index in [4.69, 9.17) is 0 Å². The molecule has 4 nitrogen and oxygen atoms in total. The molecule has 1 N–H and O–H groups in total. The van der Waals surface area contributed by atoms with E-state index >= 15 is 0 Å². The number of fused-ring (bicyclic) bond motifs is 3. The van der Waals surface area contributed by atoms with Crippen LogP contribution in [0.3, 0.4) is 0 Å². The van der Waals surface area contributed by atoms with E-state index in [1.54, 1.807) is 6.20 Å². The summed E-state index contributed by atoms with van der Waals surface area (Å²) in [5, 5.41) is 3.06. The van der Waals surface area contributed by atoms with Crippen molar-refractivity contribution >= 4 is 5.91 Å². The molecule has 0 aliphatic carbocycles. The molecule has 0 radical (unpaired) electrons. The third-order valence-corrected chi connectivity index (χ3v) is 5.56. The van der Waals surface area contributed by atoms with E-state index in [-0.39, 0.29) is 17.6 Å². The van der Waals surface area contributed by atoms with Crippen LogP contribution in [0.25, 0.3) is 0 Å². The molecule has 5 rings (SSSR count). The van der Waals surface area contributed by atoms with Crippen LogP contribution in [0.2, 0.25) is 0 Å². The molecule has 136 valence electrons. The first-order valence-electron chi connectivity index (χ1n) is 9.00. The summed E-state index contributed by atoms with van der Waals surface area (Å²) < 4.78 is 26.9. The predicted molar refractivity (Wildman–Crippen MR) is 93.6 cm³/mol.